The maximum atomic E-state index is 11.8. The Labute approximate surface area is 168 Å². The van der Waals surface area contributed by atoms with Crippen molar-refractivity contribution in [3.63, 3.8) is 0 Å². The third-order valence-electron chi connectivity index (χ3n) is 3.87. The first kappa shape index (κ1) is 21.9. The van der Waals surface area contributed by atoms with Crippen molar-refractivity contribution in [3.05, 3.63) is 23.8 Å². The zero-order chi connectivity index (χ0) is 20.4. The lowest BCUT2D eigenvalue weighted by atomic mass is 10.1. The zero-order valence-electron chi connectivity index (χ0n) is 16.2. The predicted molar refractivity (Wildman–Crippen MR) is 106 cm³/mol. The number of nitrogens with one attached hydrogen (secondary N) is 1. The Morgan fingerprint density at radius 2 is 1.93 bits per heavy atom. The number of thioether (sulfide) groups is 1. The molecule has 0 unspecified atom stereocenters. The molecular weight excluding hydrogens is 384 g/mol. The molecule has 1 saturated heterocycles. The van der Waals surface area contributed by atoms with Gasteiger partial charge in [-0.05, 0) is 38.0 Å². The lowest BCUT2D eigenvalue weighted by Crippen LogP contribution is -2.34. The monoisotopic (exact) mass is 410 g/mol. The van der Waals surface area contributed by atoms with E-state index in [4.69, 9.17) is 14.2 Å². The number of benzene rings is 1. The number of esters is 1. The van der Waals surface area contributed by atoms with Crippen molar-refractivity contribution in [1.82, 2.24) is 10.2 Å². The topological polar surface area (TPSA) is 94.2 Å². The molecule has 0 aromatic heterocycles. The van der Waals surface area contributed by atoms with Crippen LogP contribution in [-0.4, -0.2) is 67.2 Å². The van der Waals surface area contributed by atoms with Crippen molar-refractivity contribution in [2.75, 3.05) is 45.2 Å². The van der Waals surface area contributed by atoms with Gasteiger partial charge >= 0.3 is 5.97 Å². The summed E-state index contributed by atoms with van der Waals surface area (Å²) in [5, 5.41) is 2.57. The Hall–Kier alpha value is -2.42. The largest absolute Gasteiger partial charge is 0.490 e. The van der Waals surface area contributed by atoms with Gasteiger partial charge in [0.05, 0.1) is 13.2 Å². The molecule has 2 amide bonds. The van der Waals surface area contributed by atoms with Crippen LogP contribution in [0.2, 0.25) is 0 Å². The molecule has 1 aromatic carbocycles. The lowest BCUT2D eigenvalue weighted by Gasteiger charge is -2.14. The van der Waals surface area contributed by atoms with Crippen molar-refractivity contribution >= 4 is 28.9 Å². The third kappa shape index (κ3) is 6.95. The smallest absolute Gasteiger partial charge is 0.326 e. The Morgan fingerprint density at radius 1 is 1.18 bits per heavy atom. The average Bonchev–Trinajstić information content (AvgIpc) is 3.07. The van der Waals surface area contributed by atoms with E-state index in [1.165, 1.54) is 16.7 Å². The Kier molecular flexibility index (Phi) is 8.93. The summed E-state index contributed by atoms with van der Waals surface area (Å²) >= 11 is 1.17. The number of nitrogens with zero attached hydrogens (tertiary/aromatic N) is 1. The molecule has 1 heterocycles. The zero-order valence-corrected chi connectivity index (χ0v) is 17.0. The number of amides is 2. The fourth-order valence-corrected chi connectivity index (χ4v) is 3.39. The molecular formula is C19H26N2O6S. The van der Waals surface area contributed by atoms with E-state index < -0.39 is 5.97 Å². The van der Waals surface area contributed by atoms with Crippen LogP contribution in [-0.2, 0) is 20.7 Å². The minimum atomic E-state index is -0.584. The van der Waals surface area contributed by atoms with Gasteiger partial charge in [-0.1, -0.05) is 17.8 Å². The number of carbonyl (C=O) groups excluding carboxylic acids is 3. The molecule has 8 nitrogen and oxygen atoms in total. The standard InChI is InChI=1S/C19H26N2O6S/c1-3-25-15-6-5-14(11-16(15)26-4-2)7-8-20-17(22)13-27-18(23)12-21-9-10-28-19(21)24/h5-6,11H,3-4,7-10,12-13H2,1-2H3,(H,20,22). The molecule has 1 aliphatic heterocycles. The molecule has 1 N–H and O–H groups in total. The van der Waals surface area contributed by atoms with Crippen LogP contribution < -0.4 is 14.8 Å². The highest BCUT2D eigenvalue weighted by Crippen LogP contribution is 2.28. The first-order valence-corrected chi connectivity index (χ1v) is 10.2. The predicted octanol–water partition coefficient (Wildman–Crippen LogP) is 1.85. The maximum Gasteiger partial charge on any atom is 0.326 e. The van der Waals surface area contributed by atoms with Crippen LogP contribution in [0.5, 0.6) is 11.5 Å². The Balaban J connectivity index is 1.70. The number of rotatable bonds is 11. The van der Waals surface area contributed by atoms with E-state index in [0.29, 0.717) is 50.0 Å². The first-order chi connectivity index (χ1) is 13.5. The summed E-state index contributed by atoms with van der Waals surface area (Å²) < 4.78 is 16.0. The highest BCUT2D eigenvalue weighted by molar-refractivity contribution is 8.13. The maximum absolute atomic E-state index is 11.8. The van der Waals surface area contributed by atoms with Crippen molar-refractivity contribution in [2.45, 2.75) is 20.3 Å². The fraction of sp³-hybridized carbons (Fsp3) is 0.526. The van der Waals surface area contributed by atoms with Gasteiger partial charge in [0, 0.05) is 18.8 Å². The molecule has 9 heteroatoms. The van der Waals surface area contributed by atoms with Crippen LogP contribution in [0.3, 0.4) is 0 Å². The van der Waals surface area contributed by atoms with Gasteiger partial charge in [-0.15, -0.1) is 0 Å². The quantitative estimate of drug-likeness (QED) is 0.557. The van der Waals surface area contributed by atoms with Gasteiger partial charge in [-0.25, -0.2) is 0 Å². The van der Waals surface area contributed by atoms with Gasteiger partial charge in [-0.2, -0.15) is 0 Å². The Bertz CT molecular complexity index is 697. The van der Waals surface area contributed by atoms with Gasteiger partial charge in [0.15, 0.2) is 18.1 Å². The average molecular weight is 410 g/mol. The lowest BCUT2D eigenvalue weighted by molar-refractivity contribution is -0.148. The SMILES string of the molecule is CCOc1ccc(CCNC(=O)COC(=O)CN2CCSC2=O)cc1OCC. The highest BCUT2D eigenvalue weighted by Gasteiger charge is 2.24. The summed E-state index contributed by atoms with van der Waals surface area (Å²) in [6.45, 7) is 5.35. The molecule has 154 valence electrons. The normalized spacial score (nSPS) is 13.4. The minimum Gasteiger partial charge on any atom is -0.490 e. The van der Waals surface area contributed by atoms with E-state index in [-0.39, 0.29) is 24.3 Å². The summed E-state index contributed by atoms with van der Waals surface area (Å²) in [7, 11) is 0. The molecule has 0 spiro atoms. The van der Waals surface area contributed by atoms with E-state index in [2.05, 4.69) is 5.32 Å². The van der Waals surface area contributed by atoms with Crippen LogP contribution in [0.25, 0.3) is 0 Å². The van der Waals surface area contributed by atoms with Gasteiger partial charge in [0.25, 0.3) is 11.1 Å². The van der Waals surface area contributed by atoms with Gasteiger partial charge in [-0.3, -0.25) is 14.4 Å². The van der Waals surface area contributed by atoms with Crippen LogP contribution in [0.4, 0.5) is 4.79 Å². The van der Waals surface area contributed by atoms with E-state index >= 15 is 0 Å². The minimum absolute atomic E-state index is 0.120. The van der Waals surface area contributed by atoms with Crippen LogP contribution in [0.1, 0.15) is 19.4 Å². The second-order valence-corrected chi connectivity index (χ2v) is 6.99. The van der Waals surface area contributed by atoms with Gasteiger partial charge < -0.3 is 24.4 Å². The second kappa shape index (κ2) is 11.4. The number of hydrogen-bond donors (Lipinski definition) is 1. The number of hydrogen-bond acceptors (Lipinski definition) is 7. The number of ether oxygens (including phenoxy) is 3. The van der Waals surface area contributed by atoms with Crippen LogP contribution in [0.15, 0.2) is 18.2 Å². The summed E-state index contributed by atoms with van der Waals surface area (Å²) in [5.41, 5.74) is 0.995. The van der Waals surface area contributed by atoms with Gasteiger partial charge in [0.1, 0.15) is 6.54 Å². The molecule has 1 aliphatic rings. The molecule has 0 saturated carbocycles. The van der Waals surface area contributed by atoms with Crippen molar-refractivity contribution < 1.29 is 28.6 Å². The van der Waals surface area contributed by atoms with Gasteiger partial charge in [0.2, 0.25) is 0 Å². The van der Waals surface area contributed by atoms with Crippen LogP contribution >= 0.6 is 11.8 Å². The van der Waals surface area contributed by atoms with E-state index in [1.54, 1.807) is 0 Å². The molecule has 2 rings (SSSR count). The van der Waals surface area contributed by atoms with E-state index in [0.717, 1.165) is 5.56 Å². The van der Waals surface area contributed by atoms with Crippen molar-refractivity contribution in [3.8, 4) is 11.5 Å². The highest BCUT2D eigenvalue weighted by atomic mass is 32.2. The van der Waals surface area contributed by atoms with E-state index in [9.17, 15) is 14.4 Å². The first-order valence-electron chi connectivity index (χ1n) is 9.26. The molecule has 1 aromatic rings. The molecule has 0 atom stereocenters. The Morgan fingerprint density at radius 3 is 2.61 bits per heavy atom. The molecule has 0 radical (unpaired) electrons. The summed E-state index contributed by atoms with van der Waals surface area (Å²) in [6.07, 6.45) is 0.603. The van der Waals surface area contributed by atoms with Crippen LogP contribution in [0, 0.1) is 0 Å². The van der Waals surface area contributed by atoms with Crippen molar-refractivity contribution in [2.24, 2.45) is 0 Å². The second-order valence-electron chi connectivity index (χ2n) is 5.94. The summed E-state index contributed by atoms with van der Waals surface area (Å²) in [6, 6.07) is 5.67. The summed E-state index contributed by atoms with van der Waals surface area (Å²) in [4.78, 5) is 36.4. The molecule has 0 aliphatic carbocycles. The molecule has 1 fully saturated rings. The molecule has 0 bridgehead atoms. The summed E-state index contributed by atoms with van der Waals surface area (Å²) in [5.74, 6) is 1.07. The van der Waals surface area contributed by atoms with E-state index in [1.807, 2.05) is 32.0 Å². The van der Waals surface area contributed by atoms with Crippen molar-refractivity contribution in [1.29, 1.82) is 0 Å². The number of carbonyl (C=O) groups is 3. The molecule has 28 heavy (non-hydrogen) atoms. The third-order valence-corrected chi connectivity index (χ3v) is 4.76. The fourth-order valence-electron chi connectivity index (χ4n) is 2.57.